The van der Waals surface area contributed by atoms with E-state index < -0.39 is 9.84 Å². The predicted octanol–water partition coefficient (Wildman–Crippen LogP) is 3.18. The van der Waals surface area contributed by atoms with Gasteiger partial charge < -0.3 is 10.6 Å². The highest BCUT2D eigenvalue weighted by Crippen LogP contribution is 2.55. The van der Waals surface area contributed by atoms with Gasteiger partial charge in [0, 0.05) is 17.5 Å². The Bertz CT molecular complexity index is 737. The third kappa shape index (κ3) is 3.04. The molecular formula is C18H24N2O3S. The van der Waals surface area contributed by atoms with Crippen LogP contribution in [-0.4, -0.2) is 26.2 Å². The fraction of sp³-hybridized carbons (Fsp3) is 0.611. The summed E-state index contributed by atoms with van der Waals surface area (Å²) in [5.41, 5.74) is 0.466. The van der Waals surface area contributed by atoms with Crippen LogP contribution in [0.2, 0.25) is 0 Å². The lowest BCUT2D eigenvalue weighted by Crippen LogP contribution is -2.60. The summed E-state index contributed by atoms with van der Waals surface area (Å²) in [6.45, 7) is 0. The van der Waals surface area contributed by atoms with Crippen LogP contribution >= 0.6 is 0 Å². The van der Waals surface area contributed by atoms with Crippen LogP contribution in [0, 0.1) is 17.8 Å². The van der Waals surface area contributed by atoms with Gasteiger partial charge in [-0.1, -0.05) is 6.07 Å². The van der Waals surface area contributed by atoms with E-state index >= 15 is 0 Å². The Morgan fingerprint density at radius 1 is 1.08 bits per heavy atom. The number of anilines is 1. The zero-order valence-electron chi connectivity index (χ0n) is 13.9. The Hall–Kier alpha value is -1.56. The molecular weight excluding hydrogens is 324 g/mol. The lowest BCUT2D eigenvalue weighted by Gasteiger charge is -2.56. The van der Waals surface area contributed by atoms with E-state index in [1.54, 1.807) is 12.1 Å². The van der Waals surface area contributed by atoms with Gasteiger partial charge in [0.2, 0.25) is 0 Å². The van der Waals surface area contributed by atoms with Crippen molar-refractivity contribution in [2.24, 2.45) is 17.8 Å². The molecule has 0 radical (unpaired) electrons. The van der Waals surface area contributed by atoms with Crippen LogP contribution in [0.3, 0.4) is 0 Å². The van der Waals surface area contributed by atoms with Crippen molar-refractivity contribution in [3.63, 3.8) is 0 Å². The van der Waals surface area contributed by atoms with Crippen LogP contribution in [0.5, 0.6) is 0 Å². The number of hydrogen-bond acceptors (Lipinski definition) is 3. The zero-order valence-corrected chi connectivity index (χ0v) is 14.7. The topological polar surface area (TPSA) is 75.3 Å². The number of nitrogens with one attached hydrogen (secondary N) is 2. The Labute approximate surface area is 143 Å². The van der Waals surface area contributed by atoms with Crippen LogP contribution in [0.1, 0.15) is 38.5 Å². The number of sulfone groups is 1. The molecule has 4 fully saturated rings. The molecule has 0 atom stereocenters. The number of carbonyl (C=O) groups is 1. The first-order valence-corrected chi connectivity index (χ1v) is 10.6. The van der Waals surface area contributed by atoms with E-state index in [2.05, 4.69) is 10.6 Å². The van der Waals surface area contributed by atoms with Crippen LogP contribution in [0.15, 0.2) is 29.2 Å². The minimum Gasteiger partial charge on any atom is -0.332 e. The molecule has 0 unspecified atom stereocenters. The molecule has 130 valence electrons. The standard InChI is InChI=1S/C18H24N2O3S/c1-24(22,23)16-4-2-3-15(8-16)19-17(21)20-18-9-12-5-13(10-18)7-14(6-12)11-18/h2-4,8,12-14H,5-7,9-11H2,1H3,(H2,19,20,21). The maximum absolute atomic E-state index is 12.5. The van der Waals surface area contributed by atoms with Gasteiger partial charge in [-0.2, -0.15) is 0 Å². The van der Waals surface area contributed by atoms with Crippen molar-refractivity contribution in [3.05, 3.63) is 24.3 Å². The Kier molecular flexibility index (Phi) is 3.64. The smallest absolute Gasteiger partial charge is 0.319 e. The lowest BCUT2D eigenvalue weighted by molar-refractivity contribution is -0.0127. The lowest BCUT2D eigenvalue weighted by atomic mass is 9.53. The first-order chi connectivity index (χ1) is 11.3. The molecule has 5 nitrogen and oxygen atoms in total. The van der Waals surface area contributed by atoms with Gasteiger partial charge in [-0.05, 0) is 74.5 Å². The van der Waals surface area contributed by atoms with E-state index in [1.807, 2.05) is 0 Å². The van der Waals surface area contributed by atoms with Crippen molar-refractivity contribution in [2.75, 3.05) is 11.6 Å². The molecule has 4 bridgehead atoms. The highest BCUT2D eigenvalue weighted by Gasteiger charge is 2.51. The van der Waals surface area contributed by atoms with Crippen LogP contribution in [-0.2, 0) is 9.84 Å². The van der Waals surface area contributed by atoms with Gasteiger partial charge in [0.1, 0.15) is 0 Å². The van der Waals surface area contributed by atoms with Crippen molar-refractivity contribution in [3.8, 4) is 0 Å². The van der Waals surface area contributed by atoms with Gasteiger partial charge in [-0.3, -0.25) is 0 Å². The summed E-state index contributed by atoms with van der Waals surface area (Å²) in [5, 5.41) is 6.05. The molecule has 4 aliphatic carbocycles. The maximum atomic E-state index is 12.5. The van der Waals surface area contributed by atoms with Crippen molar-refractivity contribution >= 4 is 21.6 Å². The molecule has 1 aromatic carbocycles. The molecule has 24 heavy (non-hydrogen) atoms. The second kappa shape index (κ2) is 5.48. The number of rotatable bonds is 3. The largest absolute Gasteiger partial charge is 0.332 e. The van der Waals surface area contributed by atoms with Crippen molar-refractivity contribution in [2.45, 2.75) is 49.0 Å². The van der Waals surface area contributed by atoms with Gasteiger partial charge in [0.25, 0.3) is 0 Å². The fourth-order valence-electron chi connectivity index (χ4n) is 5.47. The molecule has 2 N–H and O–H groups in total. The molecule has 0 saturated heterocycles. The summed E-state index contributed by atoms with van der Waals surface area (Å²) in [6.07, 6.45) is 8.44. The second-order valence-electron chi connectivity index (χ2n) is 8.08. The first-order valence-electron chi connectivity index (χ1n) is 8.71. The SMILES string of the molecule is CS(=O)(=O)c1cccc(NC(=O)NC23CC4CC(CC(C4)C2)C3)c1. The van der Waals surface area contributed by atoms with E-state index in [1.165, 1.54) is 37.7 Å². The van der Waals surface area contributed by atoms with E-state index in [9.17, 15) is 13.2 Å². The predicted molar refractivity (Wildman–Crippen MR) is 92.6 cm³/mol. The third-order valence-corrected chi connectivity index (χ3v) is 7.05. The summed E-state index contributed by atoms with van der Waals surface area (Å²) in [6, 6.07) is 6.19. The molecule has 4 saturated carbocycles. The number of urea groups is 1. The van der Waals surface area contributed by atoms with Crippen molar-refractivity contribution < 1.29 is 13.2 Å². The van der Waals surface area contributed by atoms with Crippen LogP contribution in [0.25, 0.3) is 0 Å². The van der Waals surface area contributed by atoms with Crippen molar-refractivity contribution in [1.82, 2.24) is 5.32 Å². The van der Waals surface area contributed by atoms with Crippen LogP contribution < -0.4 is 10.6 Å². The van der Waals surface area contributed by atoms with Gasteiger partial charge in [-0.25, -0.2) is 13.2 Å². The minimum absolute atomic E-state index is 0.0483. The third-order valence-electron chi connectivity index (χ3n) is 5.94. The molecule has 5 rings (SSSR count). The zero-order chi connectivity index (χ0) is 16.9. The number of benzene rings is 1. The summed E-state index contributed by atoms with van der Waals surface area (Å²) in [4.78, 5) is 12.7. The van der Waals surface area contributed by atoms with Gasteiger partial charge in [-0.15, -0.1) is 0 Å². The van der Waals surface area contributed by atoms with Gasteiger partial charge in [0.05, 0.1) is 4.90 Å². The Morgan fingerprint density at radius 3 is 2.21 bits per heavy atom. The van der Waals surface area contributed by atoms with E-state index in [4.69, 9.17) is 0 Å². The Balaban J connectivity index is 1.46. The summed E-state index contributed by atoms with van der Waals surface area (Å²) in [5.74, 6) is 2.31. The summed E-state index contributed by atoms with van der Waals surface area (Å²) >= 11 is 0. The summed E-state index contributed by atoms with van der Waals surface area (Å²) in [7, 11) is -3.28. The average Bonchev–Trinajstić information content (AvgIpc) is 2.44. The number of amides is 2. The van der Waals surface area contributed by atoms with E-state index in [0.29, 0.717) is 5.69 Å². The highest BCUT2D eigenvalue weighted by atomic mass is 32.2. The molecule has 0 aromatic heterocycles. The normalized spacial score (nSPS) is 34.1. The second-order valence-corrected chi connectivity index (χ2v) is 10.1. The fourth-order valence-corrected chi connectivity index (χ4v) is 6.14. The van der Waals surface area contributed by atoms with Gasteiger partial charge in [0.15, 0.2) is 9.84 Å². The first kappa shape index (κ1) is 15.9. The molecule has 6 heteroatoms. The van der Waals surface area contributed by atoms with E-state index in [-0.39, 0.29) is 16.5 Å². The summed E-state index contributed by atoms with van der Waals surface area (Å²) < 4.78 is 23.3. The monoisotopic (exact) mass is 348 g/mol. The number of hydrogen-bond donors (Lipinski definition) is 2. The maximum Gasteiger partial charge on any atom is 0.319 e. The van der Waals surface area contributed by atoms with E-state index in [0.717, 1.165) is 37.0 Å². The molecule has 1 aromatic rings. The quantitative estimate of drug-likeness (QED) is 0.881. The molecule has 2 amide bonds. The molecule has 0 heterocycles. The molecule has 0 spiro atoms. The van der Waals surface area contributed by atoms with Gasteiger partial charge >= 0.3 is 6.03 Å². The minimum atomic E-state index is -3.28. The number of carbonyl (C=O) groups excluding carboxylic acids is 1. The average molecular weight is 348 g/mol. The highest BCUT2D eigenvalue weighted by molar-refractivity contribution is 7.90. The molecule has 0 aliphatic heterocycles. The van der Waals surface area contributed by atoms with Crippen molar-refractivity contribution in [1.29, 1.82) is 0 Å². The van der Waals surface area contributed by atoms with Crippen LogP contribution in [0.4, 0.5) is 10.5 Å². The molecule has 4 aliphatic rings. The Morgan fingerprint density at radius 2 is 1.67 bits per heavy atom.